The Bertz CT molecular complexity index is 170. The Morgan fingerprint density at radius 1 is 1.50 bits per heavy atom. The second kappa shape index (κ2) is 5.77. The highest BCUT2D eigenvalue weighted by Crippen LogP contribution is 1.86. The van der Waals surface area contributed by atoms with E-state index in [2.05, 4.69) is 24.5 Å². The topological polar surface area (TPSA) is 67.2 Å². The molecule has 0 rings (SSSR count). The Hall–Kier alpha value is -0.840. The van der Waals surface area contributed by atoms with Crippen molar-refractivity contribution in [2.45, 2.75) is 13.8 Å². The maximum atomic E-state index is 10.3. The first kappa shape index (κ1) is 11.2. The molecule has 0 atom stereocenters. The standard InChI is InChI=1S/C7H15N3OS/c1-5(2)3-9-7(12)10-4-6(8)11/h5H,3-4H2,1-2H3,(H2,8,11)(H2,9,10,12). The lowest BCUT2D eigenvalue weighted by Crippen LogP contribution is -2.41. The Morgan fingerprint density at radius 2 is 2.08 bits per heavy atom. The number of amides is 1. The third-order valence-electron chi connectivity index (χ3n) is 1.09. The van der Waals surface area contributed by atoms with Gasteiger partial charge in [0, 0.05) is 6.54 Å². The number of nitrogens with one attached hydrogen (secondary N) is 2. The number of carbonyl (C=O) groups excluding carboxylic acids is 1. The van der Waals surface area contributed by atoms with E-state index in [-0.39, 0.29) is 6.54 Å². The molecule has 0 bridgehead atoms. The number of primary amides is 1. The molecule has 0 aliphatic heterocycles. The van der Waals surface area contributed by atoms with Gasteiger partial charge < -0.3 is 16.4 Å². The van der Waals surface area contributed by atoms with E-state index in [0.29, 0.717) is 11.0 Å². The minimum Gasteiger partial charge on any atom is -0.368 e. The molecule has 0 spiro atoms. The smallest absolute Gasteiger partial charge is 0.236 e. The van der Waals surface area contributed by atoms with Gasteiger partial charge in [-0.25, -0.2) is 0 Å². The van der Waals surface area contributed by atoms with Gasteiger partial charge >= 0.3 is 0 Å². The molecule has 0 aliphatic carbocycles. The summed E-state index contributed by atoms with van der Waals surface area (Å²) in [4.78, 5) is 10.3. The monoisotopic (exact) mass is 189 g/mol. The normalized spacial score (nSPS) is 9.58. The SMILES string of the molecule is CC(C)CNC(=S)NCC(N)=O. The molecule has 0 aromatic rings. The van der Waals surface area contributed by atoms with E-state index in [1.165, 1.54) is 0 Å². The van der Waals surface area contributed by atoms with Crippen molar-refractivity contribution >= 4 is 23.2 Å². The summed E-state index contributed by atoms with van der Waals surface area (Å²) in [6.45, 7) is 5.03. The molecule has 70 valence electrons. The van der Waals surface area contributed by atoms with E-state index in [4.69, 9.17) is 18.0 Å². The molecular weight excluding hydrogens is 174 g/mol. The quantitative estimate of drug-likeness (QED) is 0.526. The van der Waals surface area contributed by atoms with Gasteiger partial charge in [-0.3, -0.25) is 4.79 Å². The summed E-state index contributed by atoms with van der Waals surface area (Å²) in [5.41, 5.74) is 4.91. The van der Waals surface area contributed by atoms with E-state index >= 15 is 0 Å². The molecule has 0 unspecified atom stereocenters. The molecule has 4 N–H and O–H groups in total. The molecule has 0 saturated carbocycles. The van der Waals surface area contributed by atoms with E-state index in [1.54, 1.807) is 0 Å². The lowest BCUT2D eigenvalue weighted by atomic mass is 10.2. The minimum absolute atomic E-state index is 0.0872. The van der Waals surface area contributed by atoms with Crippen LogP contribution in [0, 0.1) is 5.92 Å². The van der Waals surface area contributed by atoms with Crippen molar-refractivity contribution in [3.05, 3.63) is 0 Å². The number of hydrogen-bond donors (Lipinski definition) is 3. The number of hydrogen-bond acceptors (Lipinski definition) is 2. The molecule has 1 amide bonds. The lowest BCUT2D eigenvalue weighted by molar-refractivity contribution is -0.116. The maximum Gasteiger partial charge on any atom is 0.236 e. The van der Waals surface area contributed by atoms with Gasteiger partial charge in [-0.15, -0.1) is 0 Å². The molecule has 0 aliphatic rings. The zero-order chi connectivity index (χ0) is 9.56. The van der Waals surface area contributed by atoms with Gasteiger partial charge in [0.05, 0.1) is 6.54 Å². The number of nitrogens with two attached hydrogens (primary N) is 1. The van der Waals surface area contributed by atoms with E-state index in [1.807, 2.05) is 0 Å². The first-order valence-electron chi connectivity index (χ1n) is 3.82. The average Bonchev–Trinajstić information content (AvgIpc) is 1.96. The van der Waals surface area contributed by atoms with Gasteiger partial charge in [-0.1, -0.05) is 13.8 Å². The van der Waals surface area contributed by atoms with Crippen LogP contribution in [0.2, 0.25) is 0 Å². The van der Waals surface area contributed by atoms with Crippen LogP contribution in [0.1, 0.15) is 13.8 Å². The molecule has 12 heavy (non-hydrogen) atoms. The summed E-state index contributed by atoms with van der Waals surface area (Å²) in [6, 6.07) is 0. The van der Waals surface area contributed by atoms with Crippen LogP contribution in [0.15, 0.2) is 0 Å². The van der Waals surface area contributed by atoms with Crippen LogP contribution in [0.4, 0.5) is 0 Å². The zero-order valence-electron chi connectivity index (χ0n) is 7.39. The third kappa shape index (κ3) is 7.27. The Labute approximate surface area is 77.9 Å². The van der Waals surface area contributed by atoms with Crippen molar-refractivity contribution in [2.24, 2.45) is 11.7 Å². The molecular formula is C7H15N3OS. The van der Waals surface area contributed by atoms with Gasteiger partial charge in [-0.05, 0) is 18.1 Å². The van der Waals surface area contributed by atoms with E-state index in [9.17, 15) is 4.79 Å². The molecule has 0 fully saturated rings. The van der Waals surface area contributed by atoms with E-state index in [0.717, 1.165) is 6.54 Å². The fourth-order valence-corrected chi connectivity index (χ4v) is 0.682. The molecule has 0 heterocycles. The summed E-state index contributed by atoms with van der Waals surface area (Å²) in [5.74, 6) is 0.113. The van der Waals surface area contributed by atoms with Crippen LogP contribution in [-0.2, 0) is 4.79 Å². The van der Waals surface area contributed by atoms with Gasteiger partial charge in [0.25, 0.3) is 0 Å². The third-order valence-corrected chi connectivity index (χ3v) is 1.38. The molecule has 5 heteroatoms. The van der Waals surface area contributed by atoms with Crippen molar-refractivity contribution < 1.29 is 4.79 Å². The minimum atomic E-state index is -0.413. The maximum absolute atomic E-state index is 10.3. The van der Waals surface area contributed by atoms with Crippen molar-refractivity contribution in [2.75, 3.05) is 13.1 Å². The van der Waals surface area contributed by atoms with Crippen LogP contribution in [0.3, 0.4) is 0 Å². The summed E-state index contributed by atoms with van der Waals surface area (Å²) < 4.78 is 0. The number of rotatable bonds is 4. The highest BCUT2D eigenvalue weighted by molar-refractivity contribution is 7.80. The lowest BCUT2D eigenvalue weighted by Gasteiger charge is -2.10. The van der Waals surface area contributed by atoms with Gasteiger partial charge in [-0.2, -0.15) is 0 Å². The fourth-order valence-electron chi connectivity index (χ4n) is 0.527. The molecule has 0 saturated heterocycles. The predicted octanol–water partition coefficient (Wildman–Crippen LogP) is -0.408. The highest BCUT2D eigenvalue weighted by Gasteiger charge is 1.98. The van der Waals surface area contributed by atoms with Crippen LogP contribution in [0.5, 0.6) is 0 Å². The molecule has 0 radical (unpaired) electrons. The predicted molar refractivity (Wildman–Crippen MR) is 52.6 cm³/mol. The van der Waals surface area contributed by atoms with Crippen LogP contribution in [0.25, 0.3) is 0 Å². The molecule has 0 aromatic carbocycles. The Morgan fingerprint density at radius 3 is 2.50 bits per heavy atom. The number of thiocarbonyl (C=S) groups is 1. The van der Waals surface area contributed by atoms with Crippen LogP contribution >= 0.6 is 12.2 Å². The first-order valence-corrected chi connectivity index (χ1v) is 4.23. The largest absolute Gasteiger partial charge is 0.368 e. The van der Waals surface area contributed by atoms with Crippen LogP contribution < -0.4 is 16.4 Å². The second-order valence-electron chi connectivity index (χ2n) is 2.92. The van der Waals surface area contributed by atoms with Crippen LogP contribution in [-0.4, -0.2) is 24.1 Å². The van der Waals surface area contributed by atoms with Crippen molar-refractivity contribution in [1.82, 2.24) is 10.6 Å². The van der Waals surface area contributed by atoms with Crippen molar-refractivity contribution in [1.29, 1.82) is 0 Å². The van der Waals surface area contributed by atoms with Gasteiger partial charge in [0.2, 0.25) is 5.91 Å². The molecule has 4 nitrogen and oxygen atoms in total. The second-order valence-corrected chi connectivity index (χ2v) is 3.33. The Balaban J connectivity index is 3.40. The summed E-state index contributed by atoms with van der Waals surface area (Å²) in [6.07, 6.45) is 0. The average molecular weight is 189 g/mol. The van der Waals surface area contributed by atoms with Gasteiger partial charge in [0.15, 0.2) is 5.11 Å². The van der Waals surface area contributed by atoms with Gasteiger partial charge in [0.1, 0.15) is 0 Å². The van der Waals surface area contributed by atoms with Crippen molar-refractivity contribution in [3.63, 3.8) is 0 Å². The van der Waals surface area contributed by atoms with Crippen molar-refractivity contribution in [3.8, 4) is 0 Å². The fraction of sp³-hybridized carbons (Fsp3) is 0.714. The van der Waals surface area contributed by atoms with E-state index < -0.39 is 5.91 Å². The molecule has 0 aromatic heterocycles. The summed E-state index contributed by atoms with van der Waals surface area (Å²) >= 11 is 4.86. The zero-order valence-corrected chi connectivity index (χ0v) is 8.20. The Kier molecular flexibility index (Phi) is 5.36. The highest BCUT2D eigenvalue weighted by atomic mass is 32.1. The first-order chi connectivity index (χ1) is 5.52. The number of carbonyl (C=O) groups is 1. The summed E-state index contributed by atoms with van der Waals surface area (Å²) in [7, 11) is 0. The summed E-state index contributed by atoms with van der Waals surface area (Å²) in [5, 5.41) is 6.11.